The van der Waals surface area contributed by atoms with Crippen LogP contribution in [0.5, 0.6) is 0 Å². The Morgan fingerprint density at radius 3 is 2.61 bits per heavy atom. The molecule has 2 aromatic carbocycles. The lowest BCUT2D eigenvalue weighted by molar-refractivity contribution is -0.154. The number of amides is 1. The summed E-state index contributed by atoms with van der Waals surface area (Å²) in [5.41, 5.74) is 3.81. The number of piperazine rings is 1. The highest BCUT2D eigenvalue weighted by molar-refractivity contribution is 7.17. The lowest BCUT2D eigenvalue weighted by Gasteiger charge is -2.36. The number of rotatable bonds is 7. The molecule has 9 heteroatoms. The number of hydrogen-bond acceptors (Lipinski definition) is 7. The molecule has 36 heavy (non-hydrogen) atoms. The van der Waals surface area contributed by atoms with E-state index in [1.807, 2.05) is 17.5 Å². The first-order valence-corrected chi connectivity index (χ1v) is 13.0. The van der Waals surface area contributed by atoms with E-state index in [-0.39, 0.29) is 11.7 Å². The largest absolute Gasteiger partial charge is 0.466 e. The van der Waals surface area contributed by atoms with Gasteiger partial charge in [0.05, 0.1) is 12.8 Å². The number of nitrogens with zero attached hydrogens (tertiary/aromatic N) is 3. The third-order valence-corrected chi connectivity index (χ3v) is 7.95. The number of esters is 1. The second-order valence-electron chi connectivity index (χ2n) is 9.17. The smallest absolute Gasteiger partial charge is 0.356 e. The maximum absolute atomic E-state index is 14.1. The average Bonchev–Trinajstić information content (AvgIpc) is 3.37. The van der Waals surface area contributed by atoms with Crippen molar-refractivity contribution in [2.75, 3.05) is 56.7 Å². The Labute approximate surface area is 214 Å². The lowest BCUT2D eigenvalue weighted by Crippen LogP contribution is -2.49. The highest BCUT2D eigenvalue weighted by Crippen LogP contribution is 2.33. The topological polar surface area (TPSA) is 62.3 Å². The fourth-order valence-electron chi connectivity index (χ4n) is 5.14. The van der Waals surface area contributed by atoms with Gasteiger partial charge in [-0.15, -0.1) is 11.3 Å². The minimum absolute atomic E-state index is 0.148. The summed E-state index contributed by atoms with van der Waals surface area (Å²) in [5, 5.41) is 3.13. The number of fused-ring (bicyclic) bond motifs is 2. The van der Waals surface area contributed by atoms with Crippen LogP contribution in [0.2, 0.25) is 0 Å². The van der Waals surface area contributed by atoms with Crippen LogP contribution in [0.3, 0.4) is 0 Å². The molecule has 0 saturated carbocycles. The zero-order valence-corrected chi connectivity index (χ0v) is 21.4. The molecule has 190 valence electrons. The Kier molecular flexibility index (Phi) is 7.22. The number of benzene rings is 2. The highest BCUT2D eigenvalue weighted by Gasteiger charge is 2.35. The van der Waals surface area contributed by atoms with Crippen LogP contribution in [-0.4, -0.2) is 69.9 Å². The van der Waals surface area contributed by atoms with Crippen LogP contribution < -0.4 is 9.80 Å². The Bertz CT molecular complexity index is 1270. The van der Waals surface area contributed by atoms with E-state index in [1.165, 1.54) is 19.1 Å². The van der Waals surface area contributed by atoms with Gasteiger partial charge in [0.15, 0.2) is 0 Å². The van der Waals surface area contributed by atoms with Gasteiger partial charge in [-0.1, -0.05) is 12.1 Å². The van der Waals surface area contributed by atoms with E-state index >= 15 is 0 Å². The van der Waals surface area contributed by atoms with Gasteiger partial charge in [0.2, 0.25) is 12.1 Å². The van der Waals surface area contributed by atoms with Gasteiger partial charge >= 0.3 is 5.97 Å². The molecule has 0 spiro atoms. The molecule has 0 radical (unpaired) electrons. The van der Waals surface area contributed by atoms with E-state index < -0.39 is 12.2 Å². The Balaban J connectivity index is 1.24. The van der Waals surface area contributed by atoms with Crippen molar-refractivity contribution >= 4 is 44.7 Å². The number of ether oxygens (including phenoxy) is 2. The number of aryl methyl sites for hydroxylation is 1. The van der Waals surface area contributed by atoms with Crippen molar-refractivity contribution in [3.63, 3.8) is 0 Å². The molecule has 1 amide bonds. The average molecular weight is 512 g/mol. The van der Waals surface area contributed by atoms with Crippen LogP contribution in [0, 0.1) is 5.82 Å². The minimum Gasteiger partial charge on any atom is -0.466 e. The maximum Gasteiger partial charge on any atom is 0.356 e. The predicted molar refractivity (Wildman–Crippen MR) is 139 cm³/mol. The monoisotopic (exact) mass is 511 g/mol. The molecular weight excluding hydrogens is 481 g/mol. The van der Waals surface area contributed by atoms with Gasteiger partial charge in [-0.2, -0.15) is 0 Å². The zero-order chi connectivity index (χ0) is 25.2. The lowest BCUT2D eigenvalue weighted by atomic mass is 9.97. The van der Waals surface area contributed by atoms with E-state index in [0.29, 0.717) is 12.8 Å². The van der Waals surface area contributed by atoms with Crippen molar-refractivity contribution in [1.82, 2.24) is 4.90 Å². The van der Waals surface area contributed by atoms with Gasteiger partial charge in [-0.3, -0.25) is 14.6 Å². The van der Waals surface area contributed by atoms with Gasteiger partial charge in [0, 0.05) is 62.0 Å². The predicted octanol–water partition coefficient (Wildman–Crippen LogP) is 3.83. The van der Waals surface area contributed by atoms with Gasteiger partial charge in [-0.25, -0.2) is 9.18 Å². The summed E-state index contributed by atoms with van der Waals surface area (Å²) in [6, 6.07) is 11.5. The second-order valence-corrected chi connectivity index (χ2v) is 10.1. The van der Waals surface area contributed by atoms with Crippen molar-refractivity contribution in [1.29, 1.82) is 0 Å². The molecule has 1 aromatic heterocycles. The number of carbonyl (C=O) groups is 2. The summed E-state index contributed by atoms with van der Waals surface area (Å²) in [6.07, 6.45) is 0.695. The van der Waals surface area contributed by atoms with Crippen LogP contribution in [0.4, 0.5) is 15.8 Å². The molecule has 1 saturated heterocycles. The molecule has 2 aliphatic heterocycles. The van der Waals surface area contributed by atoms with Crippen LogP contribution in [-0.2, 0) is 31.9 Å². The number of hydrogen-bond donors (Lipinski definition) is 0. The van der Waals surface area contributed by atoms with Crippen molar-refractivity contribution < 1.29 is 23.5 Å². The van der Waals surface area contributed by atoms with E-state index in [9.17, 15) is 14.0 Å². The van der Waals surface area contributed by atoms with Gasteiger partial charge in [0.1, 0.15) is 5.82 Å². The van der Waals surface area contributed by atoms with Crippen molar-refractivity contribution in [3.05, 3.63) is 58.7 Å². The fraction of sp³-hybridized carbons (Fsp3) is 0.407. The maximum atomic E-state index is 14.1. The molecule has 7 nitrogen and oxygen atoms in total. The molecule has 3 heterocycles. The molecule has 5 rings (SSSR count). The Morgan fingerprint density at radius 1 is 1.06 bits per heavy atom. The molecule has 1 fully saturated rings. The summed E-state index contributed by atoms with van der Waals surface area (Å²) in [6.45, 7) is 4.35. The molecule has 3 aromatic rings. The Morgan fingerprint density at radius 2 is 1.86 bits per heavy atom. The normalized spacial score (nSPS) is 17.4. The molecular formula is C27H30FN3O4S. The third kappa shape index (κ3) is 4.83. The minimum atomic E-state index is -1.10. The van der Waals surface area contributed by atoms with E-state index in [1.54, 1.807) is 23.5 Å². The highest BCUT2D eigenvalue weighted by atomic mass is 32.1. The standard InChI is InChI=1S/C27H30FN3O4S/c1-34-26(27(33)35-2)31-22-15-18(3-4-19(22)5-6-25(31)32)7-9-29-10-12-30(13-11-29)23-16-20(28)17-24-21(23)8-14-36-24/h3-4,8,14-17,26H,5-7,9-13H2,1-2H3. The number of thiophene rings is 1. The molecule has 2 aliphatic rings. The first kappa shape index (κ1) is 24.7. The number of anilines is 2. The van der Waals surface area contributed by atoms with Crippen LogP contribution in [0.25, 0.3) is 10.1 Å². The summed E-state index contributed by atoms with van der Waals surface area (Å²) >= 11 is 1.57. The summed E-state index contributed by atoms with van der Waals surface area (Å²) < 4.78 is 25.3. The first-order valence-electron chi connectivity index (χ1n) is 12.2. The van der Waals surface area contributed by atoms with E-state index in [4.69, 9.17) is 9.47 Å². The summed E-state index contributed by atoms with van der Waals surface area (Å²) in [7, 11) is 2.69. The fourth-order valence-corrected chi connectivity index (χ4v) is 5.97. The van der Waals surface area contributed by atoms with Crippen LogP contribution >= 0.6 is 11.3 Å². The van der Waals surface area contributed by atoms with Crippen molar-refractivity contribution in [2.45, 2.75) is 25.5 Å². The van der Waals surface area contributed by atoms with Crippen molar-refractivity contribution in [2.24, 2.45) is 0 Å². The molecule has 0 N–H and O–H groups in total. The van der Waals surface area contributed by atoms with Crippen LogP contribution in [0.1, 0.15) is 17.5 Å². The zero-order valence-electron chi connectivity index (χ0n) is 20.5. The molecule has 0 bridgehead atoms. The number of halogens is 1. The number of methoxy groups -OCH3 is 2. The van der Waals surface area contributed by atoms with E-state index in [0.717, 1.165) is 71.7 Å². The quantitative estimate of drug-likeness (QED) is 0.450. The molecule has 0 aliphatic carbocycles. The van der Waals surface area contributed by atoms with E-state index in [2.05, 4.69) is 21.9 Å². The van der Waals surface area contributed by atoms with Gasteiger partial charge in [-0.05, 0) is 53.6 Å². The summed E-state index contributed by atoms with van der Waals surface area (Å²) in [4.78, 5) is 31.1. The first-order chi connectivity index (χ1) is 17.5. The SMILES string of the molecule is COC(=O)C(OC)N1C(=O)CCc2ccc(CCN3CCN(c4cc(F)cc5sccc45)CC3)cc21. The van der Waals surface area contributed by atoms with Gasteiger partial charge in [0.25, 0.3) is 0 Å². The summed E-state index contributed by atoms with van der Waals surface area (Å²) in [5.74, 6) is -0.935. The second kappa shape index (κ2) is 10.5. The van der Waals surface area contributed by atoms with Crippen molar-refractivity contribution in [3.8, 4) is 0 Å². The molecule has 1 unspecified atom stereocenters. The molecule has 1 atom stereocenters. The Hall–Kier alpha value is -3.01. The number of carbonyl (C=O) groups excluding carboxylic acids is 2. The third-order valence-electron chi connectivity index (χ3n) is 7.09. The van der Waals surface area contributed by atoms with Gasteiger partial charge < -0.3 is 14.4 Å². The van der Waals surface area contributed by atoms with Crippen LogP contribution in [0.15, 0.2) is 41.8 Å².